The summed E-state index contributed by atoms with van der Waals surface area (Å²) in [5.74, 6) is -1.01. The highest BCUT2D eigenvalue weighted by atomic mass is 19.1. The number of halogens is 2. The minimum Gasteiger partial charge on any atom is -0.320 e. The van der Waals surface area contributed by atoms with E-state index in [-0.39, 0.29) is 5.56 Å². The van der Waals surface area contributed by atoms with E-state index in [2.05, 4.69) is 4.98 Å². The van der Waals surface area contributed by atoms with Crippen LogP contribution in [0.3, 0.4) is 0 Å². The van der Waals surface area contributed by atoms with Gasteiger partial charge in [-0.15, -0.1) is 0 Å². The van der Waals surface area contributed by atoms with E-state index in [1.165, 1.54) is 0 Å². The van der Waals surface area contributed by atoms with Crippen LogP contribution in [0, 0.1) is 25.5 Å². The minimum absolute atomic E-state index is 0.142. The summed E-state index contributed by atoms with van der Waals surface area (Å²) in [6, 6.07) is 6.17. The number of pyridine rings is 1. The molecule has 0 aliphatic heterocycles. The Labute approximate surface area is 104 Å². The van der Waals surface area contributed by atoms with Crippen LogP contribution < -0.4 is 5.73 Å². The van der Waals surface area contributed by atoms with Gasteiger partial charge in [0.1, 0.15) is 11.6 Å². The van der Waals surface area contributed by atoms with E-state index >= 15 is 0 Å². The number of nitrogens with zero attached hydrogens (tertiary/aromatic N) is 1. The second-order valence-electron chi connectivity index (χ2n) is 4.27. The van der Waals surface area contributed by atoms with Crippen molar-refractivity contribution < 1.29 is 8.78 Å². The smallest absolute Gasteiger partial charge is 0.128 e. The van der Waals surface area contributed by atoms with E-state index in [1.807, 2.05) is 6.92 Å². The fourth-order valence-electron chi connectivity index (χ4n) is 1.95. The van der Waals surface area contributed by atoms with Crippen LogP contribution in [0.15, 0.2) is 30.3 Å². The van der Waals surface area contributed by atoms with Crippen LogP contribution in [-0.4, -0.2) is 4.98 Å². The number of aryl methyl sites for hydroxylation is 2. The van der Waals surface area contributed by atoms with E-state index in [1.54, 1.807) is 19.1 Å². The molecule has 2 nitrogen and oxygen atoms in total. The predicted molar refractivity (Wildman–Crippen MR) is 66.1 cm³/mol. The molecule has 1 atom stereocenters. The van der Waals surface area contributed by atoms with Crippen molar-refractivity contribution in [2.75, 3.05) is 0 Å². The van der Waals surface area contributed by atoms with Crippen molar-refractivity contribution >= 4 is 0 Å². The largest absolute Gasteiger partial charge is 0.320 e. The van der Waals surface area contributed by atoms with Gasteiger partial charge < -0.3 is 5.73 Å². The molecule has 4 heteroatoms. The molecule has 2 rings (SSSR count). The summed E-state index contributed by atoms with van der Waals surface area (Å²) in [7, 11) is 0. The van der Waals surface area contributed by atoms with Gasteiger partial charge in [-0.2, -0.15) is 0 Å². The van der Waals surface area contributed by atoms with Crippen molar-refractivity contribution in [1.29, 1.82) is 0 Å². The summed E-state index contributed by atoms with van der Waals surface area (Å²) in [4.78, 5) is 4.28. The van der Waals surface area contributed by atoms with Crippen LogP contribution in [-0.2, 0) is 0 Å². The van der Waals surface area contributed by atoms with Crippen molar-refractivity contribution in [1.82, 2.24) is 4.98 Å². The fraction of sp³-hybridized carbons (Fsp3) is 0.214. The first-order valence-electron chi connectivity index (χ1n) is 5.63. The average Bonchev–Trinajstić information content (AvgIpc) is 2.31. The van der Waals surface area contributed by atoms with Crippen molar-refractivity contribution in [2.24, 2.45) is 5.73 Å². The summed E-state index contributed by atoms with van der Waals surface area (Å²) in [5, 5.41) is 0. The van der Waals surface area contributed by atoms with Crippen LogP contribution in [0.1, 0.15) is 28.6 Å². The lowest BCUT2D eigenvalue weighted by Gasteiger charge is -2.15. The van der Waals surface area contributed by atoms with Gasteiger partial charge in [-0.3, -0.25) is 4.98 Å². The quantitative estimate of drug-likeness (QED) is 0.887. The molecule has 0 aliphatic rings. The van der Waals surface area contributed by atoms with Gasteiger partial charge >= 0.3 is 0 Å². The monoisotopic (exact) mass is 248 g/mol. The van der Waals surface area contributed by atoms with Crippen molar-refractivity contribution in [3.05, 3.63) is 64.5 Å². The molecular formula is C14H14F2N2. The van der Waals surface area contributed by atoms with Crippen molar-refractivity contribution in [3.63, 3.8) is 0 Å². The van der Waals surface area contributed by atoms with Crippen LogP contribution in [0.5, 0.6) is 0 Å². The van der Waals surface area contributed by atoms with Crippen molar-refractivity contribution in [2.45, 2.75) is 19.9 Å². The Hall–Kier alpha value is -1.81. The number of hydrogen-bond acceptors (Lipinski definition) is 2. The van der Waals surface area contributed by atoms with Gasteiger partial charge in [-0.1, -0.05) is 6.07 Å². The molecule has 0 amide bonds. The molecule has 18 heavy (non-hydrogen) atoms. The molecule has 0 saturated carbocycles. The highest BCUT2D eigenvalue weighted by Crippen LogP contribution is 2.24. The van der Waals surface area contributed by atoms with E-state index < -0.39 is 17.7 Å². The molecule has 1 heterocycles. The zero-order chi connectivity index (χ0) is 13.3. The third kappa shape index (κ3) is 2.38. The average molecular weight is 248 g/mol. The summed E-state index contributed by atoms with van der Waals surface area (Å²) >= 11 is 0. The molecule has 1 aromatic carbocycles. The third-order valence-electron chi connectivity index (χ3n) is 2.89. The number of benzene rings is 1. The Morgan fingerprint density at radius 2 is 1.78 bits per heavy atom. The van der Waals surface area contributed by atoms with Gasteiger partial charge in [0.25, 0.3) is 0 Å². The van der Waals surface area contributed by atoms with Gasteiger partial charge in [-0.25, -0.2) is 8.78 Å². The molecular weight excluding hydrogens is 234 g/mol. The van der Waals surface area contributed by atoms with E-state index in [4.69, 9.17) is 5.73 Å². The highest BCUT2D eigenvalue weighted by molar-refractivity contribution is 5.35. The molecule has 2 aromatic rings. The summed E-state index contributed by atoms with van der Waals surface area (Å²) < 4.78 is 26.8. The van der Waals surface area contributed by atoms with Gasteiger partial charge in [0, 0.05) is 17.0 Å². The van der Waals surface area contributed by atoms with E-state index in [9.17, 15) is 8.78 Å². The van der Waals surface area contributed by atoms with E-state index in [0.29, 0.717) is 5.56 Å². The van der Waals surface area contributed by atoms with Gasteiger partial charge in [0.05, 0.1) is 6.04 Å². The summed E-state index contributed by atoms with van der Waals surface area (Å²) in [6.07, 6.45) is 0. The maximum Gasteiger partial charge on any atom is 0.128 e. The SMILES string of the molecule is Cc1ccc(C(N)c2cc(F)ccc2F)c(C)n1. The molecule has 0 radical (unpaired) electrons. The molecule has 0 bridgehead atoms. The topological polar surface area (TPSA) is 38.9 Å². The molecule has 1 unspecified atom stereocenters. The second-order valence-corrected chi connectivity index (χ2v) is 4.27. The normalized spacial score (nSPS) is 12.5. The lowest BCUT2D eigenvalue weighted by molar-refractivity contribution is 0.576. The molecule has 1 aromatic heterocycles. The molecule has 2 N–H and O–H groups in total. The van der Waals surface area contributed by atoms with Crippen LogP contribution in [0.25, 0.3) is 0 Å². The Balaban J connectivity index is 2.47. The Morgan fingerprint density at radius 1 is 1.06 bits per heavy atom. The first-order valence-corrected chi connectivity index (χ1v) is 5.63. The van der Waals surface area contributed by atoms with Crippen LogP contribution in [0.2, 0.25) is 0 Å². The third-order valence-corrected chi connectivity index (χ3v) is 2.89. The second kappa shape index (κ2) is 4.82. The van der Waals surface area contributed by atoms with Gasteiger partial charge in [-0.05, 0) is 43.7 Å². The molecule has 94 valence electrons. The zero-order valence-electron chi connectivity index (χ0n) is 10.2. The lowest BCUT2D eigenvalue weighted by atomic mass is 9.97. The molecule has 0 spiro atoms. The maximum atomic E-state index is 13.6. The standard InChI is InChI=1S/C14H14F2N2/c1-8-3-5-11(9(2)18-8)14(17)12-7-10(15)4-6-13(12)16/h3-7,14H,17H2,1-2H3. The van der Waals surface area contributed by atoms with Gasteiger partial charge in [0.15, 0.2) is 0 Å². The molecule has 0 saturated heterocycles. The number of rotatable bonds is 2. The fourth-order valence-corrected chi connectivity index (χ4v) is 1.95. The minimum atomic E-state index is -0.714. The highest BCUT2D eigenvalue weighted by Gasteiger charge is 2.16. The lowest BCUT2D eigenvalue weighted by Crippen LogP contribution is -2.16. The number of aromatic nitrogens is 1. The van der Waals surface area contributed by atoms with Crippen LogP contribution >= 0.6 is 0 Å². The predicted octanol–water partition coefficient (Wildman–Crippen LogP) is 3.02. The zero-order valence-corrected chi connectivity index (χ0v) is 10.2. The molecule has 0 aliphatic carbocycles. The van der Waals surface area contributed by atoms with E-state index in [0.717, 1.165) is 29.6 Å². The number of hydrogen-bond donors (Lipinski definition) is 1. The molecule has 0 fully saturated rings. The Bertz CT molecular complexity index is 582. The summed E-state index contributed by atoms with van der Waals surface area (Å²) in [5.41, 5.74) is 8.42. The first kappa shape index (κ1) is 12.6. The Morgan fingerprint density at radius 3 is 2.44 bits per heavy atom. The van der Waals surface area contributed by atoms with Gasteiger partial charge in [0.2, 0.25) is 0 Å². The first-order chi connectivity index (χ1) is 8.49. The van der Waals surface area contributed by atoms with Crippen LogP contribution in [0.4, 0.5) is 8.78 Å². The number of nitrogens with two attached hydrogens (primary N) is 1. The Kier molecular flexibility index (Phi) is 3.39. The maximum absolute atomic E-state index is 13.6. The van der Waals surface area contributed by atoms with Crippen molar-refractivity contribution in [3.8, 4) is 0 Å². The summed E-state index contributed by atoms with van der Waals surface area (Å²) in [6.45, 7) is 3.67.